The van der Waals surface area contributed by atoms with Crippen LogP contribution in [0.25, 0.3) is 67.2 Å². The Morgan fingerprint density at radius 1 is 0.352 bits per heavy atom. The van der Waals surface area contributed by atoms with Gasteiger partial charge in [0, 0.05) is 27.8 Å². The molecule has 0 saturated carbocycles. The van der Waals surface area contributed by atoms with Gasteiger partial charge in [0.25, 0.3) is 0 Å². The third kappa shape index (κ3) is 5.03. The summed E-state index contributed by atoms with van der Waals surface area (Å²) < 4.78 is 0. The lowest BCUT2D eigenvalue weighted by Gasteiger charge is -2.34. The van der Waals surface area contributed by atoms with Gasteiger partial charge in [-0.15, -0.1) is 0 Å². The molecule has 0 fully saturated rings. The monoisotopic (exact) mass is 690 g/mol. The highest BCUT2D eigenvalue weighted by molar-refractivity contribution is 6.08. The molecule has 2 N–H and O–H groups in total. The largest absolute Gasteiger partial charge is 0.398 e. The van der Waals surface area contributed by atoms with Crippen LogP contribution < -0.4 is 5.73 Å². The molecule has 254 valence electrons. The summed E-state index contributed by atoms with van der Waals surface area (Å²) in [7, 11) is 0. The molecule has 4 heteroatoms. The summed E-state index contributed by atoms with van der Waals surface area (Å²) in [6.07, 6.45) is 0. The number of anilines is 1. The molecule has 0 aliphatic heterocycles. The van der Waals surface area contributed by atoms with E-state index in [1.807, 2.05) is 60.7 Å². The van der Waals surface area contributed by atoms with Crippen molar-refractivity contribution in [2.45, 2.75) is 5.41 Å². The highest BCUT2D eigenvalue weighted by atomic mass is 15.0. The molecule has 0 saturated heterocycles. The van der Waals surface area contributed by atoms with Crippen molar-refractivity contribution in [1.82, 2.24) is 15.0 Å². The zero-order valence-electron chi connectivity index (χ0n) is 29.4. The maximum absolute atomic E-state index is 6.90. The van der Waals surface area contributed by atoms with Crippen molar-refractivity contribution in [1.29, 1.82) is 0 Å². The van der Waals surface area contributed by atoms with Crippen LogP contribution in [0.5, 0.6) is 0 Å². The van der Waals surface area contributed by atoms with Crippen molar-refractivity contribution >= 4 is 16.5 Å². The Morgan fingerprint density at radius 2 is 0.833 bits per heavy atom. The molecule has 1 heterocycles. The number of benzene rings is 8. The summed E-state index contributed by atoms with van der Waals surface area (Å²) in [5.74, 6) is 1.93. The van der Waals surface area contributed by atoms with Crippen LogP contribution >= 0.6 is 0 Å². The first-order chi connectivity index (χ1) is 26.7. The molecule has 9 aromatic rings. The lowest BCUT2D eigenvalue weighted by molar-refractivity contribution is 0.770. The van der Waals surface area contributed by atoms with E-state index in [2.05, 4.69) is 133 Å². The zero-order valence-corrected chi connectivity index (χ0v) is 29.4. The number of fused-ring (bicyclic) bond motifs is 5. The molecule has 0 bridgehead atoms. The topological polar surface area (TPSA) is 64.7 Å². The number of nitrogens with two attached hydrogens (primary N) is 1. The van der Waals surface area contributed by atoms with Gasteiger partial charge in [0.2, 0.25) is 0 Å². The van der Waals surface area contributed by atoms with Crippen molar-refractivity contribution in [2.24, 2.45) is 0 Å². The fraction of sp³-hybridized carbons (Fsp3) is 0.0200. The number of hydrogen-bond donors (Lipinski definition) is 1. The molecule has 1 aliphatic rings. The molecule has 1 unspecified atom stereocenters. The quantitative estimate of drug-likeness (QED) is 0.176. The van der Waals surface area contributed by atoms with Crippen LogP contribution in [0, 0.1) is 0 Å². The van der Waals surface area contributed by atoms with Crippen molar-refractivity contribution < 1.29 is 0 Å². The summed E-state index contributed by atoms with van der Waals surface area (Å²) in [5.41, 5.74) is 19.5. The van der Waals surface area contributed by atoms with Gasteiger partial charge in [-0.2, -0.15) is 0 Å². The lowest BCUT2D eigenvalue weighted by atomic mass is 9.67. The Morgan fingerprint density at radius 3 is 1.48 bits per heavy atom. The normalized spacial score (nSPS) is 14.4. The standard InChI is InChI=1S/C50H34N4/c51-45-32-44-46(41-24-11-10-23-40(41)45)42-25-12-13-26-43(42)50(44,38-20-8-3-9-21-38)39-22-14-19-37(31-39)33-27-29-36(30-28-33)49-53-47(34-15-4-1-5-16-34)52-48(54-49)35-17-6-2-7-18-35/h1-32H,51H2. The first kappa shape index (κ1) is 31.6. The van der Waals surface area contributed by atoms with Gasteiger partial charge in [-0.05, 0) is 62.0 Å². The van der Waals surface area contributed by atoms with Gasteiger partial charge in [0.05, 0.1) is 5.41 Å². The van der Waals surface area contributed by atoms with E-state index in [1.54, 1.807) is 0 Å². The Balaban J connectivity index is 1.12. The Labute approximate surface area is 314 Å². The van der Waals surface area contributed by atoms with Crippen LogP contribution in [0.3, 0.4) is 0 Å². The average Bonchev–Trinajstić information content (AvgIpc) is 3.55. The number of hydrogen-bond acceptors (Lipinski definition) is 4. The van der Waals surface area contributed by atoms with E-state index >= 15 is 0 Å². The van der Waals surface area contributed by atoms with Gasteiger partial charge < -0.3 is 5.73 Å². The predicted octanol–water partition coefficient (Wildman–Crippen LogP) is 11.6. The molecule has 8 aromatic carbocycles. The number of rotatable bonds is 6. The molecule has 4 nitrogen and oxygen atoms in total. The fourth-order valence-electron chi connectivity index (χ4n) is 8.32. The summed E-state index contributed by atoms with van der Waals surface area (Å²) in [6.45, 7) is 0. The Kier molecular flexibility index (Phi) is 7.48. The van der Waals surface area contributed by atoms with Gasteiger partial charge in [-0.3, -0.25) is 0 Å². The summed E-state index contributed by atoms with van der Waals surface area (Å²) in [5, 5.41) is 2.25. The van der Waals surface area contributed by atoms with Crippen molar-refractivity contribution in [3.8, 4) is 56.4 Å². The second-order valence-corrected chi connectivity index (χ2v) is 13.8. The SMILES string of the molecule is Nc1cc2c(c3ccccc13)-c1ccccc1C2(c1ccccc1)c1cccc(-c2ccc(-c3nc(-c4ccccc4)nc(-c4ccccc4)n3)cc2)c1. The molecule has 0 spiro atoms. The van der Waals surface area contributed by atoms with E-state index in [0.717, 1.165) is 38.9 Å². The van der Waals surface area contributed by atoms with Crippen LogP contribution in [0.15, 0.2) is 194 Å². The second kappa shape index (κ2) is 12.8. The van der Waals surface area contributed by atoms with Gasteiger partial charge in [0.1, 0.15) is 0 Å². The van der Waals surface area contributed by atoms with E-state index in [1.165, 1.54) is 38.8 Å². The summed E-state index contributed by atoms with van der Waals surface area (Å²) in [4.78, 5) is 14.8. The molecule has 1 aromatic heterocycles. The van der Waals surface area contributed by atoms with E-state index < -0.39 is 5.41 Å². The molecular formula is C50H34N4. The number of nitrogen functional groups attached to an aromatic ring is 1. The van der Waals surface area contributed by atoms with Crippen LogP contribution in [-0.2, 0) is 5.41 Å². The van der Waals surface area contributed by atoms with Gasteiger partial charge in [0.15, 0.2) is 17.5 Å². The van der Waals surface area contributed by atoms with Gasteiger partial charge in [-0.25, -0.2) is 15.0 Å². The maximum atomic E-state index is 6.90. The number of aromatic nitrogens is 3. The minimum atomic E-state index is -0.576. The Bertz CT molecular complexity index is 2760. The first-order valence-electron chi connectivity index (χ1n) is 18.2. The first-order valence-corrected chi connectivity index (χ1v) is 18.2. The third-order valence-corrected chi connectivity index (χ3v) is 10.8. The maximum Gasteiger partial charge on any atom is 0.164 e. The minimum absolute atomic E-state index is 0.576. The van der Waals surface area contributed by atoms with Crippen LogP contribution in [-0.4, -0.2) is 15.0 Å². The van der Waals surface area contributed by atoms with Gasteiger partial charge >= 0.3 is 0 Å². The van der Waals surface area contributed by atoms with Gasteiger partial charge in [-0.1, -0.05) is 182 Å². The lowest BCUT2D eigenvalue weighted by Crippen LogP contribution is -2.28. The van der Waals surface area contributed by atoms with Crippen LogP contribution in [0.1, 0.15) is 22.3 Å². The zero-order chi connectivity index (χ0) is 36.1. The smallest absolute Gasteiger partial charge is 0.164 e. The second-order valence-electron chi connectivity index (χ2n) is 13.8. The molecule has 54 heavy (non-hydrogen) atoms. The highest BCUT2D eigenvalue weighted by Crippen LogP contribution is 2.58. The molecule has 0 amide bonds. The molecule has 1 aliphatic carbocycles. The summed E-state index contributed by atoms with van der Waals surface area (Å²) >= 11 is 0. The minimum Gasteiger partial charge on any atom is -0.398 e. The van der Waals surface area contributed by atoms with Crippen molar-refractivity contribution in [2.75, 3.05) is 5.73 Å². The molecular weight excluding hydrogens is 657 g/mol. The Hall–Kier alpha value is -7.17. The van der Waals surface area contributed by atoms with E-state index in [9.17, 15) is 0 Å². The van der Waals surface area contributed by atoms with E-state index in [4.69, 9.17) is 20.7 Å². The summed E-state index contributed by atoms with van der Waals surface area (Å²) in [6, 6.07) is 68.1. The van der Waals surface area contributed by atoms with Crippen molar-refractivity contribution in [3.63, 3.8) is 0 Å². The highest BCUT2D eigenvalue weighted by Gasteiger charge is 2.47. The van der Waals surface area contributed by atoms with E-state index in [0.29, 0.717) is 17.5 Å². The number of nitrogens with zero attached hydrogens (tertiary/aromatic N) is 3. The predicted molar refractivity (Wildman–Crippen MR) is 221 cm³/mol. The fourth-order valence-corrected chi connectivity index (χ4v) is 8.32. The average molecular weight is 691 g/mol. The van der Waals surface area contributed by atoms with Crippen LogP contribution in [0.2, 0.25) is 0 Å². The molecule has 10 rings (SSSR count). The molecule has 1 atom stereocenters. The molecule has 0 radical (unpaired) electrons. The van der Waals surface area contributed by atoms with Crippen LogP contribution in [0.4, 0.5) is 5.69 Å². The van der Waals surface area contributed by atoms with Crippen molar-refractivity contribution in [3.05, 3.63) is 216 Å². The van der Waals surface area contributed by atoms with E-state index in [-0.39, 0.29) is 0 Å². The third-order valence-electron chi connectivity index (χ3n) is 10.8.